The van der Waals surface area contributed by atoms with Gasteiger partial charge in [0.1, 0.15) is 0 Å². The summed E-state index contributed by atoms with van der Waals surface area (Å²) in [5, 5.41) is 4.96. The van der Waals surface area contributed by atoms with E-state index >= 15 is 0 Å². The Bertz CT molecular complexity index is 2290. The van der Waals surface area contributed by atoms with E-state index in [0.717, 1.165) is 22.3 Å². The normalized spacial score (nSPS) is 11.3. The molecule has 0 aliphatic rings. The van der Waals surface area contributed by atoms with Crippen LogP contribution in [0.4, 0.5) is 0 Å². The Kier molecular flexibility index (Phi) is 6.92. The van der Waals surface area contributed by atoms with Gasteiger partial charge in [-0.25, -0.2) is 15.0 Å². The fourth-order valence-electron chi connectivity index (χ4n) is 6.24. The SMILES string of the molecule is Cc1ccc(-c2nc(-c3ccc(C)cc3)nc(-c3cccc(-c4cccc5c4ccc4c(-c6ccccc6)cccc45)c3)n2)cc1. The van der Waals surface area contributed by atoms with E-state index in [4.69, 9.17) is 15.0 Å². The van der Waals surface area contributed by atoms with E-state index in [2.05, 4.69) is 166 Å². The van der Waals surface area contributed by atoms with Crippen LogP contribution in [0, 0.1) is 13.8 Å². The molecule has 0 amide bonds. The van der Waals surface area contributed by atoms with Crippen LogP contribution in [-0.2, 0) is 0 Å². The van der Waals surface area contributed by atoms with Gasteiger partial charge in [0.2, 0.25) is 0 Å². The van der Waals surface area contributed by atoms with Gasteiger partial charge < -0.3 is 0 Å². The van der Waals surface area contributed by atoms with Crippen LogP contribution in [0.15, 0.2) is 152 Å². The van der Waals surface area contributed by atoms with Crippen molar-refractivity contribution in [2.45, 2.75) is 13.8 Å². The zero-order valence-electron chi connectivity index (χ0n) is 25.8. The van der Waals surface area contributed by atoms with Gasteiger partial charge in [-0.15, -0.1) is 0 Å². The first-order chi connectivity index (χ1) is 22.6. The number of fused-ring (bicyclic) bond motifs is 3. The Morgan fingerprint density at radius 3 is 1.28 bits per heavy atom. The van der Waals surface area contributed by atoms with E-state index < -0.39 is 0 Å². The standard InChI is InChI=1S/C43H31N3/c1-28-17-21-31(22-18-28)41-44-42(32-23-19-29(2)20-24-32)46-43(45-41)34-12-6-11-33(27-34)36-14-8-16-38-37-15-7-13-35(30-9-4-3-5-10-30)39(37)25-26-40(36)38/h3-27H,1-2H3. The fraction of sp³-hybridized carbons (Fsp3) is 0.0465. The molecule has 7 aromatic carbocycles. The quantitative estimate of drug-likeness (QED) is 0.187. The summed E-state index contributed by atoms with van der Waals surface area (Å²) >= 11 is 0. The van der Waals surface area contributed by atoms with Gasteiger partial charge in [-0.3, -0.25) is 0 Å². The van der Waals surface area contributed by atoms with E-state index in [-0.39, 0.29) is 0 Å². The average molecular weight is 590 g/mol. The Balaban J connectivity index is 1.26. The highest BCUT2D eigenvalue weighted by Crippen LogP contribution is 2.38. The second-order valence-corrected chi connectivity index (χ2v) is 11.9. The highest BCUT2D eigenvalue weighted by Gasteiger charge is 2.15. The molecule has 0 fully saturated rings. The molecule has 0 spiro atoms. The molecule has 0 radical (unpaired) electrons. The number of hydrogen-bond acceptors (Lipinski definition) is 3. The lowest BCUT2D eigenvalue weighted by Crippen LogP contribution is -2.00. The molecule has 218 valence electrons. The van der Waals surface area contributed by atoms with Crippen LogP contribution in [0.5, 0.6) is 0 Å². The number of nitrogens with zero attached hydrogens (tertiary/aromatic N) is 3. The smallest absolute Gasteiger partial charge is 0.164 e. The highest BCUT2D eigenvalue weighted by molar-refractivity contribution is 6.15. The Morgan fingerprint density at radius 1 is 0.304 bits per heavy atom. The summed E-state index contributed by atoms with van der Waals surface area (Å²) in [6.45, 7) is 4.17. The number of benzene rings is 7. The van der Waals surface area contributed by atoms with Crippen molar-refractivity contribution < 1.29 is 0 Å². The minimum Gasteiger partial charge on any atom is -0.208 e. The zero-order chi connectivity index (χ0) is 31.0. The van der Waals surface area contributed by atoms with Crippen LogP contribution >= 0.6 is 0 Å². The van der Waals surface area contributed by atoms with Gasteiger partial charge >= 0.3 is 0 Å². The Hall–Kier alpha value is -5.93. The van der Waals surface area contributed by atoms with E-state index in [0.29, 0.717) is 17.5 Å². The maximum Gasteiger partial charge on any atom is 0.164 e. The predicted octanol–water partition coefficient (Wildman–Crippen LogP) is 11.1. The van der Waals surface area contributed by atoms with Gasteiger partial charge in [0, 0.05) is 16.7 Å². The molecule has 0 aliphatic carbocycles. The molecule has 3 nitrogen and oxygen atoms in total. The number of hydrogen-bond donors (Lipinski definition) is 0. The predicted molar refractivity (Wildman–Crippen MR) is 191 cm³/mol. The lowest BCUT2D eigenvalue weighted by Gasteiger charge is -2.13. The fourth-order valence-corrected chi connectivity index (χ4v) is 6.24. The van der Waals surface area contributed by atoms with Crippen molar-refractivity contribution in [3.63, 3.8) is 0 Å². The molecule has 0 atom stereocenters. The number of aromatic nitrogens is 3. The molecule has 8 rings (SSSR count). The third-order valence-corrected chi connectivity index (χ3v) is 8.69. The van der Waals surface area contributed by atoms with Gasteiger partial charge in [-0.1, -0.05) is 157 Å². The van der Waals surface area contributed by atoms with Crippen molar-refractivity contribution in [2.24, 2.45) is 0 Å². The van der Waals surface area contributed by atoms with Gasteiger partial charge in [-0.2, -0.15) is 0 Å². The van der Waals surface area contributed by atoms with E-state index in [1.807, 2.05) is 0 Å². The monoisotopic (exact) mass is 589 g/mol. The lowest BCUT2D eigenvalue weighted by molar-refractivity contribution is 1.07. The van der Waals surface area contributed by atoms with Crippen molar-refractivity contribution >= 4 is 21.5 Å². The van der Waals surface area contributed by atoms with Crippen molar-refractivity contribution in [1.29, 1.82) is 0 Å². The van der Waals surface area contributed by atoms with Gasteiger partial charge in [0.05, 0.1) is 0 Å². The summed E-state index contributed by atoms with van der Waals surface area (Å²) in [4.78, 5) is 14.9. The number of aryl methyl sites for hydroxylation is 2. The van der Waals surface area contributed by atoms with E-state index in [9.17, 15) is 0 Å². The molecule has 1 aromatic heterocycles. The molecule has 0 aliphatic heterocycles. The summed E-state index contributed by atoms with van der Waals surface area (Å²) in [6, 6.07) is 53.6. The molecule has 0 bridgehead atoms. The van der Waals surface area contributed by atoms with Gasteiger partial charge in [0.25, 0.3) is 0 Å². The summed E-state index contributed by atoms with van der Waals surface area (Å²) in [6.07, 6.45) is 0. The van der Waals surface area contributed by atoms with Crippen molar-refractivity contribution in [3.8, 4) is 56.4 Å². The van der Waals surface area contributed by atoms with Gasteiger partial charge in [0.15, 0.2) is 17.5 Å². The molecule has 1 heterocycles. The maximum absolute atomic E-state index is 5.00. The molecule has 0 saturated heterocycles. The van der Waals surface area contributed by atoms with Crippen LogP contribution in [0.2, 0.25) is 0 Å². The molecule has 3 heteroatoms. The van der Waals surface area contributed by atoms with Crippen LogP contribution < -0.4 is 0 Å². The molecular formula is C43H31N3. The van der Waals surface area contributed by atoms with E-state index in [1.54, 1.807) is 0 Å². The highest BCUT2D eigenvalue weighted by atomic mass is 15.0. The maximum atomic E-state index is 5.00. The minimum absolute atomic E-state index is 0.654. The summed E-state index contributed by atoms with van der Waals surface area (Å²) < 4.78 is 0. The molecule has 0 N–H and O–H groups in total. The molecule has 46 heavy (non-hydrogen) atoms. The first-order valence-corrected chi connectivity index (χ1v) is 15.6. The minimum atomic E-state index is 0.654. The first kappa shape index (κ1) is 27.6. The average Bonchev–Trinajstić information content (AvgIpc) is 3.12. The van der Waals surface area contributed by atoms with Crippen LogP contribution in [0.1, 0.15) is 11.1 Å². The third kappa shape index (κ3) is 5.12. The Labute approximate surface area is 268 Å². The molecular weight excluding hydrogens is 558 g/mol. The van der Waals surface area contributed by atoms with Crippen molar-refractivity contribution in [3.05, 3.63) is 163 Å². The molecule has 8 aromatic rings. The third-order valence-electron chi connectivity index (χ3n) is 8.69. The topological polar surface area (TPSA) is 38.7 Å². The largest absolute Gasteiger partial charge is 0.208 e. The van der Waals surface area contributed by atoms with Crippen molar-refractivity contribution in [2.75, 3.05) is 0 Å². The second kappa shape index (κ2) is 11.5. The van der Waals surface area contributed by atoms with Crippen LogP contribution in [0.25, 0.3) is 78.0 Å². The van der Waals surface area contributed by atoms with Gasteiger partial charge in [-0.05, 0) is 63.7 Å². The summed E-state index contributed by atoms with van der Waals surface area (Å²) in [7, 11) is 0. The molecule has 0 unspecified atom stereocenters. The van der Waals surface area contributed by atoms with Crippen LogP contribution in [0.3, 0.4) is 0 Å². The summed E-state index contributed by atoms with van der Waals surface area (Å²) in [5.74, 6) is 1.98. The first-order valence-electron chi connectivity index (χ1n) is 15.6. The summed E-state index contributed by atoms with van der Waals surface area (Å²) in [5.41, 5.74) is 10.1. The lowest BCUT2D eigenvalue weighted by atomic mass is 9.91. The van der Waals surface area contributed by atoms with Crippen LogP contribution in [-0.4, -0.2) is 15.0 Å². The second-order valence-electron chi connectivity index (χ2n) is 11.9. The van der Waals surface area contributed by atoms with Crippen molar-refractivity contribution in [1.82, 2.24) is 15.0 Å². The number of rotatable bonds is 5. The van der Waals surface area contributed by atoms with E-state index in [1.165, 1.54) is 49.4 Å². The zero-order valence-corrected chi connectivity index (χ0v) is 25.8. The Morgan fingerprint density at radius 2 is 0.739 bits per heavy atom. The molecule has 0 saturated carbocycles.